The Morgan fingerprint density at radius 2 is 2.00 bits per heavy atom. The highest BCUT2D eigenvalue weighted by atomic mass is 32.2. The molecule has 2 heterocycles. The second kappa shape index (κ2) is 7.70. The number of carbonyl (C=O) groups excluding carboxylic acids is 2. The smallest absolute Gasteiger partial charge is 0.264 e. The maximum atomic E-state index is 13.1. The van der Waals surface area contributed by atoms with Crippen LogP contribution in [0.25, 0.3) is 0 Å². The zero-order valence-corrected chi connectivity index (χ0v) is 16.5. The number of benzene rings is 1. The van der Waals surface area contributed by atoms with Crippen molar-refractivity contribution in [2.24, 2.45) is 0 Å². The molecule has 29 heavy (non-hydrogen) atoms. The highest BCUT2D eigenvalue weighted by Gasteiger charge is 2.43. The Morgan fingerprint density at radius 1 is 1.24 bits per heavy atom. The molecule has 0 saturated heterocycles. The standard InChI is InChI=1S/C19H21N3O6S/c1-4-28-17-15(27-2)9-8-13(21-17)14(10-29(3,25)26)22-18(23)11-6-5-7-12(20)16(11)19(22)24/h5-9,14H,4,10,20H2,1-3H3/t14-/m1/s1/i2D3. The van der Waals surface area contributed by atoms with E-state index >= 15 is 0 Å². The third-order valence-electron chi connectivity index (χ3n) is 4.33. The van der Waals surface area contributed by atoms with E-state index in [1.165, 1.54) is 30.3 Å². The normalized spacial score (nSPS) is 16.6. The van der Waals surface area contributed by atoms with Crippen LogP contribution < -0.4 is 15.2 Å². The number of amides is 2. The molecular formula is C19H21N3O6S. The van der Waals surface area contributed by atoms with Gasteiger partial charge < -0.3 is 15.2 Å². The largest absolute Gasteiger partial charge is 0.491 e. The number of anilines is 1. The monoisotopic (exact) mass is 422 g/mol. The molecule has 0 fully saturated rings. The molecule has 1 aliphatic heterocycles. The molecule has 1 atom stereocenters. The van der Waals surface area contributed by atoms with E-state index in [1.807, 2.05) is 0 Å². The number of nitrogens with zero attached hydrogens (tertiary/aromatic N) is 2. The number of hydrogen-bond acceptors (Lipinski definition) is 8. The summed E-state index contributed by atoms with van der Waals surface area (Å²) in [7, 11) is -6.47. The summed E-state index contributed by atoms with van der Waals surface area (Å²) in [5, 5.41) is 0. The number of aromatic nitrogens is 1. The number of fused-ring (bicyclic) bond motifs is 1. The SMILES string of the molecule is [2H]C([2H])([2H])Oc1ccc([C@@H](CS(C)(=O)=O)N2C(=O)c3cccc(N)c3C2=O)nc1OCC. The molecule has 0 radical (unpaired) electrons. The highest BCUT2D eigenvalue weighted by Crippen LogP contribution is 2.36. The molecule has 0 saturated carbocycles. The van der Waals surface area contributed by atoms with Crippen LogP contribution in [0.1, 0.15) is 43.5 Å². The molecule has 9 nitrogen and oxygen atoms in total. The van der Waals surface area contributed by atoms with Gasteiger partial charge in [0, 0.05) is 11.9 Å². The van der Waals surface area contributed by atoms with Gasteiger partial charge in [-0.2, -0.15) is 0 Å². The molecule has 3 rings (SSSR count). The number of pyridine rings is 1. The average molecular weight is 422 g/mol. The number of imide groups is 1. The first-order valence-corrected chi connectivity index (χ1v) is 10.7. The van der Waals surface area contributed by atoms with E-state index < -0.39 is 40.5 Å². The molecule has 10 heteroatoms. The molecule has 0 unspecified atom stereocenters. The number of sulfone groups is 1. The van der Waals surface area contributed by atoms with Crippen molar-refractivity contribution >= 4 is 27.3 Å². The van der Waals surface area contributed by atoms with Crippen LogP contribution in [0.3, 0.4) is 0 Å². The van der Waals surface area contributed by atoms with Gasteiger partial charge in [-0.15, -0.1) is 0 Å². The predicted molar refractivity (Wildman–Crippen MR) is 106 cm³/mol. The molecule has 2 amide bonds. The Bertz CT molecular complexity index is 1180. The van der Waals surface area contributed by atoms with Gasteiger partial charge in [-0.25, -0.2) is 13.4 Å². The second-order valence-corrected chi connectivity index (χ2v) is 8.62. The van der Waals surface area contributed by atoms with Gasteiger partial charge in [0.15, 0.2) is 5.75 Å². The van der Waals surface area contributed by atoms with Crippen LogP contribution in [-0.2, 0) is 9.84 Å². The van der Waals surface area contributed by atoms with Gasteiger partial charge in [0.2, 0.25) is 0 Å². The molecule has 1 aliphatic rings. The zero-order valence-electron chi connectivity index (χ0n) is 18.7. The van der Waals surface area contributed by atoms with Gasteiger partial charge in [0.05, 0.1) is 46.4 Å². The first-order chi connectivity index (χ1) is 14.8. The van der Waals surface area contributed by atoms with Crippen LogP contribution in [0.15, 0.2) is 30.3 Å². The molecule has 1 aromatic carbocycles. The Kier molecular flexibility index (Phi) is 4.46. The van der Waals surface area contributed by atoms with Crippen LogP contribution in [0, 0.1) is 0 Å². The summed E-state index contributed by atoms with van der Waals surface area (Å²) >= 11 is 0. The van der Waals surface area contributed by atoms with Crippen molar-refractivity contribution in [2.45, 2.75) is 13.0 Å². The van der Waals surface area contributed by atoms with Crippen LogP contribution in [0.5, 0.6) is 11.6 Å². The minimum absolute atomic E-state index is 0.00449. The minimum atomic E-state index is -3.70. The lowest BCUT2D eigenvalue weighted by atomic mass is 10.1. The van der Waals surface area contributed by atoms with E-state index in [1.54, 1.807) is 6.92 Å². The quantitative estimate of drug-likeness (QED) is 0.524. The average Bonchev–Trinajstić information content (AvgIpc) is 2.91. The summed E-state index contributed by atoms with van der Waals surface area (Å²) in [6, 6.07) is 5.62. The molecular weight excluding hydrogens is 398 g/mol. The lowest BCUT2D eigenvalue weighted by Crippen LogP contribution is -2.38. The van der Waals surface area contributed by atoms with E-state index in [0.29, 0.717) is 0 Å². The van der Waals surface area contributed by atoms with Crippen molar-refractivity contribution in [2.75, 3.05) is 31.4 Å². The van der Waals surface area contributed by atoms with Crippen LogP contribution in [0.4, 0.5) is 5.69 Å². The minimum Gasteiger partial charge on any atom is -0.491 e. The Morgan fingerprint density at radius 3 is 2.62 bits per heavy atom. The van der Waals surface area contributed by atoms with Gasteiger partial charge in [-0.1, -0.05) is 6.07 Å². The zero-order chi connectivity index (χ0) is 23.8. The van der Waals surface area contributed by atoms with Crippen molar-refractivity contribution in [3.63, 3.8) is 0 Å². The van der Waals surface area contributed by atoms with Gasteiger partial charge in [-0.05, 0) is 31.2 Å². The lowest BCUT2D eigenvalue weighted by molar-refractivity contribution is 0.0594. The maximum absolute atomic E-state index is 13.1. The van der Waals surface area contributed by atoms with Crippen LogP contribution >= 0.6 is 0 Å². The highest BCUT2D eigenvalue weighted by molar-refractivity contribution is 7.90. The summed E-state index contributed by atoms with van der Waals surface area (Å²) in [6.07, 6.45) is 0.960. The molecule has 2 N–H and O–H groups in total. The fourth-order valence-corrected chi connectivity index (χ4v) is 4.03. The van der Waals surface area contributed by atoms with Gasteiger partial charge in [0.25, 0.3) is 17.7 Å². The van der Waals surface area contributed by atoms with E-state index in [9.17, 15) is 18.0 Å². The Hall–Kier alpha value is -3.14. The Balaban J connectivity index is 2.11. The van der Waals surface area contributed by atoms with Crippen LogP contribution in [-0.4, -0.2) is 55.8 Å². The third-order valence-corrected chi connectivity index (χ3v) is 5.25. The van der Waals surface area contributed by atoms with Crippen molar-refractivity contribution in [1.29, 1.82) is 0 Å². The predicted octanol–water partition coefficient (Wildman–Crippen LogP) is 1.45. The van der Waals surface area contributed by atoms with Crippen LogP contribution in [0.2, 0.25) is 0 Å². The van der Waals surface area contributed by atoms with Gasteiger partial charge >= 0.3 is 0 Å². The number of nitrogens with two attached hydrogens (primary N) is 1. The van der Waals surface area contributed by atoms with Crippen molar-refractivity contribution in [3.05, 3.63) is 47.2 Å². The molecule has 1 aromatic heterocycles. The fourth-order valence-electron chi connectivity index (χ4n) is 3.14. The van der Waals surface area contributed by atoms with Crippen molar-refractivity contribution < 1.29 is 31.6 Å². The molecule has 2 aromatic rings. The maximum Gasteiger partial charge on any atom is 0.264 e. The van der Waals surface area contributed by atoms with Crippen molar-refractivity contribution in [3.8, 4) is 11.6 Å². The number of methoxy groups -OCH3 is 1. The summed E-state index contributed by atoms with van der Waals surface area (Å²) in [5.41, 5.74) is 6.01. The van der Waals surface area contributed by atoms with E-state index in [2.05, 4.69) is 4.98 Å². The fraction of sp³-hybridized carbons (Fsp3) is 0.316. The molecule has 0 bridgehead atoms. The summed E-state index contributed by atoms with van der Waals surface area (Å²) in [6.45, 7) is 1.74. The first-order valence-electron chi connectivity index (χ1n) is 10.1. The molecule has 0 spiro atoms. The van der Waals surface area contributed by atoms with E-state index in [-0.39, 0.29) is 40.7 Å². The van der Waals surface area contributed by atoms with Crippen molar-refractivity contribution in [1.82, 2.24) is 9.88 Å². The van der Waals surface area contributed by atoms with E-state index in [0.717, 1.165) is 11.2 Å². The number of rotatable bonds is 7. The molecule has 0 aliphatic carbocycles. The number of carbonyl (C=O) groups is 2. The number of nitrogen functional groups attached to an aromatic ring is 1. The lowest BCUT2D eigenvalue weighted by Gasteiger charge is -2.25. The second-order valence-electron chi connectivity index (χ2n) is 6.43. The summed E-state index contributed by atoms with van der Waals surface area (Å²) in [4.78, 5) is 31.1. The summed E-state index contributed by atoms with van der Waals surface area (Å²) < 4.78 is 56.4. The Labute approximate surface area is 172 Å². The third kappa shape index (κ3) is 3.88. The van der Waals surface area contributed by atoms with Gasteiger partial charge in [-0.3, -0.25) is 14.5 Å². The number of hydrogen-bond donors (Lipinski definition) is 1. The number of ether oxygens (including phenoxy) is 2. The summed E-state index contributed by atoms with van der Waals surface area (Å²) in [5.74, 6) is -2.49. The van der Waals surface area contributed by atoms with E-state index in [4.69, 9.17) is 19.3 Å². The first kappa shape index (κ1) is 16.8. The van der Waals surface area contributed by atoms with Gasteiger partial charge in [0.1, 0.15) is 9.84 Å². The molecule has 154 valence electrons. The topological polar surface area (TPSA) is 129 Å².